The fourth-order valence-corrected chi connectivity index (χ4v) is 9.29. The predicted octanol–water partition coefficient (Wildman–Crippen LogP) is -0.353. The summed E-state index contributed by atoms with van der Waals surface area (Å²) < 4.78 is 37.5. The Morgan fingerprint density at radius 2 is 1.36 bits per heavy atom. The van der Waals surface area contributed by atoms with E-state index in [0.29, 0.717) is 13.0 Å². The molecular formula is C46H86N4O20. The van der Waals surface area contributed by atoms with Crippen molar-refractivity contribution in [2.45, 2.75) is 210 Å². The molecule has 3 aliphatic rings. The third-order valence-electron chi connectivity index (χ3n) is 13.6. The van der Waals surface area contributed by atoms with Crippen LogP contribution in [-0.4, -0.2) is 223 Å². The van der Waals surface area contributed by atoms with Gasteiger partial charge in [0.05, 0.1) is 54.4 Å². The summed E-state index contributed by atoms with van der Waals surface area (Å²) in [6.45, 7) is 18.0. The molecule has 0 bridgehead atoms. The Hall–Kier alpha value is -3.21. The first-order valence-electron chi connectivity index (χ1n) is 23.6. The quantitative estimate of drug-likeness (QED) is 0.105. The van der Waals surface area contributed by atoms with Gasteiger partial charge in [-0.25, -0.2) is 0 Å². The van der Waals surface area contributed by atoms with Crippen molar-refractivity contribution in [3.05, 3.63) is 0 Å². The number of methoxy groups -OCH3 is 1. The van der Waals surface area contributed by atoms with Gasteiger partial charge < -0.3 is 95.6 Å². The maximum absolute atomic E-state index is 14.2. The molecule has 70 heavy (non-hydrogen) atoms. The Labute approximate surface area is 411 Å². The van der Waals surface area contributed by atoms with Gasteiger partial charge >= 0.3 is 29.8 Å². The van der Waals surface area contributed by atoms with Crippen molar-refractivity contribution in [1.29, 1.82) is 0 Å². The number of carboxylic acid groups (broad SMARTS) is 4. The number of rotatable bonds is 13. The Bertz CT molecular complexity index is 1640. The molecule has 410 valence electrons. The molecule has 0 aromatic carbocycles. The summed E-state index contributed by atoms with van der Waals surface area (Å²) in [6.07, 6.45) is -9.25. The number of hydrogen-bond acceptors (Lipinski definition) is 20. The van der Waals surface area contributed by atoms with Gasteiger partial charge in [-0.1, -0.05) is 20.8 Å². The van der Waals surface area contributed by atoms with Gasteiger partial charge in [-0.2, -0.15) is 0 Å². The maximum atomic E-state index is 14.2. The van der Waals surface area contributed by atoms with Gasteiger partial charge in [0, 0.05) is 38.1 Å². The van der Waals surface area contributed by atoms with E-state index in [1.54, 1.807) is 41.5 Å². The van der Waals surface area contributed by atoms with Crippen LogP contribution in [0.3, 0.4) is 0 Å². The number of carbonyl (C=O) groups is 5. The number of likely N-dealkylation sites (N-methyl/N-ethyl adjacent to an activating group) is 2. The van der Waals surface area contributed by atoms with E-state index in [-0.39, 0.29) is 37.3 Å². The van der Waals surface area contributed by atoms with Crippen LogP contribution in [0.5, 0.6) is 0 Å². The molecule has 3 heterocycles. The lowest BCUT2D eigenvalue weighted by atomic mass is 9.77. The number of aliphatic hydroxyl groups is 5. The van der Waals surface area contributed by atoms with Gasteiger partial charge in [-0.05, 0) is 94.8 Å². The van der Waals surface area contributed by atoms with Crippen LogP contribution in [0.1, 0.15) is 108 Å². The molecule has 0 spiro atoms. The van der Waals surface area contributed by atoms with Gasteiger partial charge in [-0.15, -0.1) is 0 Å². The third-order valence-corrected chi connectivity index (χ3v) is 13.6. The highest BCUT2D eigenvalue weighted by Gasteiger charge is 2.52. The first-order chi connectivity index (χ1) is 32.0. The molecule has 0 aromatic rings. The van der Waals surface area contributed by atoms with Crippen LogP contribution in [0, 0.1) is 17.8 Å². The van der Waals surface area contributed by atoms with E-state index in [0.717, 1.165) is 0 Å². The number of esters is 1. The van der Waals surface area contributed by atoms with Crippen molar-refractivity contribution in [2.75, 3.05) is 34.8 Å². The summed E-state index contributed by atoms with van der Waals surface area (Å²) in [4.78, 5) is 57.3. The SMILES string of the molecule is CC[C@H]1OC(=O)[C@H](C)[C@@H](O[C@H]2C[C@@](C)(OC)[C@@H](O)[C@H](C)O2)[C@H](C)[C@@H](O[C@@H]2O[C@H](C)C[C@H](N(C)C)[C@H]2O)[C@](C)(O)C[C@@H](C)CN(C)[C@H](C)[C@@H](O)[C@]1(C)O.N[C@@H](CC(=O)O)C(=O)O.N[C@@H](CC(=O)O)C(=O)O. The first kappa shape index (κ1) is 64.8. The van der Waals surface area contributed by atoms with Crippen molar-refractivity contribution in [3.8, 4) is 0 Å². The van der Waals surface area contributed by atoms with Crippen LogP contribution in [-0.2, 0) is 52.4 Å². The largest absolute Gasteiger partial charge is 0.481 e. The molecule has 0 saturated carbocycles. The van der Waals surface area contributed by atoms with E-state index in [9.17, 15) is 49.5 Å². The molecule has 20 atom stereocenters. The second kappa shape index (κ2) is 27.7. The lowest BCUT2D eigenvalue weighted by Gasteiger charge is -2.48. The first-order valence-corrected chi connectivity index (χ1v) is 23.6. The van der Waals surface area contributed by atoms with Gasteiger partial charge in [0.15, 0.2) is 12.6 Å². The normalized spacial score (nSPS) is 40.1. The Morgan fingerprint density at radius 3 is 1.79 bits per heavy atom. The molecule has 0 unspecified atom stereocenters. The van der Waals surface area contributed by atoms with Crippen LogP contribution in [0.15, 0.2) is 0 Å². The lowest BCUT2D eigenvalue weighted by Crippen LogP contribution is -2.60. The third kappa shape index (κ3) is 18.4. The average Bonchev–Trinajstić information content (AvgIpc) is 3.24. The Morgan fingerprint density at radius 1 is 0.843 bits per heavy atom. The summed E-state index contributed by atoms with van der Waals surface area (Å²) in [6, 6.07) is -3.39. The van der Waals surface area contributed by atoms with E-state index in [1.165, 1.54) is 14.0 Å². The van der Waals surface area contributed by atoms with E-state index in [2.05, 4.69) is 0 Å². The van der Waals surface area contributed by atoms with Crippen LogP contribution >= 0.6 is 0 Å². The molecule has 0 amide bonds. The summed E-state index contributed by atoms with van der Waals surface area (Å²) in [5.74, 6) is -7.58. The van der Waals surface area contributed by atoms with Crippen LogP contribution in [0.4, 0.5) is 0 Å². The molecule has 13 N–H and O–H groups in total. The monoisotopic (exact) mass is 1010 g/mol. The second-order valence-electron chi connectivity index (χ2n) is 20.3. The topological polar surface area (TPSA) is 381 Å². The average molecular weight is 1020 g/mol. The Balaban J connectivity index is 0.00000114. The molecule has 3 rings (SSSR count). The minimum Gasteiger partial charge on any atom is -0.481 e. The molecule has 24 nitrogen and oxygen atoms in total. The number of nitrogens with two attached hydrogens (primary N) is 2. The van der Waals surface area contributed by atoms with Crippen molar-refractivity contribution >= 4 is 29.8 Å². The lowest BCUT2D eigenvalue weighted by molar-refractivity contribution is -0.318. The summed E-state index contributed by atoms with van der Waals surface area (Å²) >= 11 is 0. The minimum absolute atomic E-state index is 0.133. The standard InChI is InChI=1S/C38H72N2O12.2C4H7NO4/c1-15-27-38(10,46)31(42)24(6)40(13)19-20(2)17-36(8,45)33(52-35-29(41)26(39(11)12)16-21(3)48-35)22(4)30(23(5)34(44)50-27)51-28-18-37(9,47-14)32(43)25(7)49-28;2*5-2(4(8)9)1-3(6)7/h20-33,35,41-43,45-46H,15-19H2,1-14H3;2*2H,1,5H2,(H,6,7)(H,8,9)/t20-,21-,22+,23-,24-,25+,26+,27-,28+,29-,30+,31-,32+,33-,35+,36-,37-,38-;2*2-/m100/s1. The summed E-state index contributed by atoms with van der Waals surface area (Å²) in [5.41, 5.74) is 5.30. The van der Waals surface area contributed by atoms with Crippen molar-refractivity contribution < 1.29 is 98.4 Å². The van der Waals surface area contributed by atoms with E-state index >= 15 is 0 Å². The van der Waals surface area contributed by atoms with Gasteiger partial charge in [0.2, 0.25) is 0 Å². The van der Waals surface area contributed by atoms with Gasteiger partial charge in [0.25, 0.3) is 0 Å². The fourth-order valence-electron chi connectivity index (χ4n) is 9.29. The van der Waals surface area contributed by atoms with Crippen LogP contribution < -0.4 is 11.5 Å². The fraction of sp³-hybridized carbons (Fsp3) is 0.891. The maximum Gasteiger partial charge on any atom is 0.321 e. The highest BCUT2D eigenvalue weighted by Crippen LogP contribution is 2.40. The van der Waals surface area contributed by atoms with E-state index in [1.807, 2.05) is 51.7 Å². The molecular weight excluding hydrogens is 929 g/mol. The molecule has 3 fully saturated rings. The zero-order valence-corrected chi connectivity index (χ0v) is 43.3. The number of aliphatic hydroxyl groups excluding tert-OH is 3. The predicted molar refractivity (Wildman–Crippen MR) is 250 cm³/mol. The minimum atomic E-state index is -1.80. The van der Waals surface area contributed by atoms with Gasteiger partial charge in [0.1, 0.15) is 42.1 Å². The molecule has 0 radical (unpaired) electrons. The van der Waals surface area contributed by atoms with E-state index in [4.69, 9.17) is 60.3 Å². The molecule has 3 saturated heterocycles. The highest BCUT2D eigenvalue weighted by atomic mass is 16.7. The zero-order valence-electron chi connectivity index (χ0n) is 43.3. The number of ether oxygens (including phenoxy) is 6. The number of aliphatic carboxylic acids is 4. The molecule has 0 aliphatic carbocycles. The van der Waals surface area contributed by atoms with Crippen LogP contribution in [0.2, 0.25) is 0 Å². The molecule has 3 aliphatic heterocycles. The molecule has 0 aromatic heterocycles. The molecule has 24 heteroatoms. The number of carboxylic acids is 4. The highest BCUT2D eigenvalue weighted by molar-refractivity contribution is 5.80. The number of cyclic esters (lactones) is 1. The summed E-state index contributed by atoms with van der Waals surface area (Å²) in [5, 5.41) is 90.2. The second-order valence-corrected chi connectivity index (χ2v) is 20.3. The van der Waals surface area contributed by atoms with Gasteiger partial charge in [-0.3, -0.25) is 24.0 Å². The van der Waals surface area contributed by atoms with Crippen molar-refractivity contribution in [1.82, 2.24) is 9.80 Å². The number of hydrogen-bond donors (Lipinski definition) is 11. The smallest absolute Gasteiger partial charge is 0.321 e. The summed E-state index contributed by atoms with van der Waals surface area (Å²) in [7, 11) is 7.12. The van der Waals surface area contributed by atoms with Crippen molar-refractivity contribution in [3.63, 3.8) is 0 Å². The van der Waals surface area contributed by atoms with Crippen LogP contribution in [0.25, 0.3) is 0 Å². The number of nitrogens with zero attached hydrogens (tertiary/aromatic N) is 2. The van der Waals surface area contributed by atoms with E-state index < -0.39 is 145 Å². The van der Waals surface area contributed by atoms with Crippen molar-refractivity contribution in [2.24, 2.45) is 29.2 Å². The zero-order chi connectivity index (χ0) is 54.5. The number of carbonyl (C=O) groups excluding carboxylic acids is 1. The Kier molecular flexibility index (Phi) is 25.7.